The summed E-state index contributed by atoms with van der Waals surface area (Å²) in [7, 11) is 0. The minimum atomic E-state index is -1.84. The summed E-state index contributed by atoms with van der Waals surface area (Å²) < 4.78 is 27.0. The molecule has 0 amide bonds. The first-order valence-corrected chi connectivity index (χ1v) is 15.7. The van der Waals surface area contributed by atoms with Gasteiger partial charge in [-0.05, 0) is 41.5 Å². The van der Waals surface area contributed by atoms with E-state index in [0.29, 0.717) is 0 Å². The van der Waals surface area contributed by atoms with Crippen molar-refractivity contribution in [3.63, 3.8) is 0 Å². The Hall–Kier alpha value is -3.22. The first-order chi connectivity index (χ1) is 22.2. The molecule has 0 aromatic heterocycles. The van der Waals surface area contributed by atoms with Gasteiger partial charge in [0.15, 0.2) is 6.10 Å². The van der Waals surface area contributed by atoms with Crippen LogP contribution in [0.2, 0.25) is 0 Å². The lowest BCUT2D eigenvalue weighted by molar-refractivity contribution is -0.193. The van der Waals surface area contributed by atoms with Gasteiger partial charge in [0, 0.05) is 18.8 Å². The Morgan fingerprint density at radius 2 is 0.729 bits per heavy atom. The first kappa shape index (κ1) is 44.8. The Bertz CT molecular complexity index is 941. The van der Waals surface area contributed by atoms with E-state index in [0.717, 1.165) is 0 Å². The van der Waals surface area contributed by atoms with Crippen LogP contribution in [0.5, 0.6) is 0 Å². The molecule has 0 aliphatic carbocycles. The third-order valence-corrected chi connectivity index (χ3v) is 6.21. The molecule has 17 heteroatoms. The fourth-order valence-corrected chi connectivity index (χ4v) is 4.32. The summed E-state index contributed by atoms with van der Waals surface area (Å²) in [5.41, 5.74) is 0. The molecule has 10 atom stereocenters. The van der Waals surface area contributed by atoms with Crippen molar-refractivity contribution in [2.75, 3.05) is 13.2 Å². The number of rotatable bonds is 24. The van der Waals surface area contributed by atoms with Crippen LogP contribution in [0.15, 0.2) is 0 Å². The van der Waals surface area contributed by atoms with Gasteiger partial charge in [0.25, 0.3) is 0 Å². The van der Waals surface area contributed by atoms with Crippen LogP contribution in [0.25, 0.3) is 0 Å². The van der Waals surface area contributed by atoms with Crippen LogP contribution >= 0.6 is 0 Å². The van der Waals surface area contributed by atoms with E-state index in [-0.39, 0.29) is 0 Å². The van der Waals surface area contributed by atoms with E-state index in [1.165, 1.54) is 41.5 Å². The van der Waals surface area contributed by atoms with E-state index in [1.807, 2.05) is 0 Å². The molecule has 17 nitrogen and oxygen atoms in total. The normalized spacial score (nSPS) is 17.6. The zero-order valence-corrected chi connectivity index (χ0v) is 28.3. The molecule has 0 spiro atoms. The summed E-state index contributed by atoms with van der Waals surface area (Å²) in [6.07, 6.45) is -16.2. The molecule has 0 bridgehead atoms. The van der Waals surface area contributed by atoms with E-state index < -0.39 is 155 Å². The molecule has 0 radical (unpaired) electrons. The Labute approximate surface area is 279 Å². The summed E-state index contributed by atoms with van der Waals surface area (Å²) >= 11 is 0. The van der Waals surface area contributed by atoms with Crippen LogP contribution in [0.4, 0.5) is 0 Å². The molecule has 0 aromatic carbocycles. The molecule has 0 aliphatic rings. The van der Waals surface area contributed by atoms with Gasteiger partial charge in [0.1, 0.15) is 31.2 Å². The summed E-state index contributed by atoms with van der Waals surface area (Å²) in [5.74, 6) is -7.39. The minimum Gasteiger partial charge on any atom is -0.462 e. The molecule has 0 heterocycles. The molecule has 278 valence electrons. The quantitative estimate of drug-likeness (QED) is 0.0522. The highest BCUT2D eigenvalue weighted by molar-refractivity contribution is 5.79. The summed E-state index contributed by atoms with van der Waals surface area (Å²) in [6.45, 7) is 6.09. The van der Waals surface area contributed by atoms with Gasteiger partial charge in [-0.25, -0.2) is 0 Å². The van der Waals surface area contributed by atoms with E-state index in [4.69, 9.17) is 23.7 Å². The second kappa shape index (κ2) is 23.2. The third kappa shape index (κ3) is 21.6. The molecule has 6 unspecified atom stereocenters. The molecule has 0 aromatic rings. The molecule has 48 heavy (non-hydrogen) atoms. The number of ketones is 1. The fourth-order valence-electron chi connectivity index (χ4n) is 4.32. The molecule has 0 saturated carbocycles. The van der Waals surface area contributed by atoms with Crippen molar-refractivity contribution >= 4 is 35.6 Å². The van der Waals surface area contributed by atoms with Crippen LogP contribution in [0.1, 0.15) is 86.5 Å². The van der Waals surface area contributed by atoms with Crippen molar-refractivity contribution in [2.24, 2.45) is 5.92 Å². The van der Waals surface area contributed by atoms with Crippen LogP contribution in [0.3, 0.4) is 0 Å². The molecular formula is C31H52O17. The van der Waals surface area contributed by atoms with Crippen molar-refractivity contribution < 1.29 is 83.1 Å². The van der Waals surface area contributed by atoms with Crippen LogP contribution < -0.4 is 0 Å². The Morgan fingerprint density at radius 1 is 0.417 bits per heavy atom. The number of aliphatic hydroxyl groups excluding tert-OH is 6. The zero-order chi connectivity index (χ0) is 37.1. The molecule has 6 N–H and O–H groups in total. The first-order valence-electron chi connectivity index (χ1n) is 15.7. The largest absolute Gasteiger partial charge is 0.462 e. The number of ether oxygens (including phenoxy) is 5. The van der Waals surface area contributed by atoms with E-state index in [2.05, 4.69) is 0 Å². The molecule has 0 saturated heterocycles. The molecule has 0 fully saturated rings. The SMILES string of the molecule is CC(O)CC(=O)C[C@@H]([C@H](OC(=O)CC(C)O)[C@@H](COC(=O)CC(C)O)OC(=O)CC(C)O)[C@H](COC(=O)CC(C)O)OC(=O)CC(C)O. The second-order valence-corrected chi connectivity index (χ2v) is 12.1. The lowest BCUT2D eigenvalue weighted by Crippen LogP contribution is -2.50. The number of hydrogen-bond acceptors (Lipinski definition) is 17. The average molecular weight is 697 g/mol. The third-order valence-electron chi connectivity index (χ3n) is 6.21. The monoisotopic (exact) mass is 696 g/mol. The highest BCUT2D eigenvalue weighted by Crippen LogP contribution is 2.28. The summed E-state index contributed by atoms with van der Waals surface area (Å²) in [4.78, 5) is 76.5. The van der Waals surface area contributed by atoms with Crippen LogP contribution in [-0.4, -0.2) is 134 Å². The fraction of sp³-hybridized carbons (Fsp3) is 0.806. The topological polar surface area (TPSA) is 270 Å². The highest BCUT2D eigenvalue weighted by Gasteiger charge is 2.44. The zero-order valence-electron chi connectivity index (χ0n) is 28.3. The van der Waals surface area contributed by atoms with Gasteiger partial charge in [0.05, 0.1) is 68.7 Å². The maximum atomic E-state index is 13.1. The van der Waals surface area contributed by atoms with Crippen molar-refractivity contribution in [1.82, 2.24) is 0 Å². The maximum Gasteiger partial charge on any atom is 0.308 e. The van der Waals surface area contributed by atoms with Gasteiger partial charge in [-0.15, -0.1) is 0 Å². The van der Waals surface area contributed by atoms with Crippen molar-refractivity contribution in [3.05, 3.63) is 0 Å². The van der Waals surface area contributed by atoms with Gasteiger partial charge in [-0.2, -0.15) is 0 Å². The van der Waals surface area contributed by atoms with E-state index in [9.17, 15) is 59.4 Å². The predicted molar refractivity (Wildman–Crippen MR) is 162 cm³/mol. The van der Waals surface area contributed by atoms with Crippen molar-refractivity contribution in [3.8, 4) is 0 Å². The number of aliphatic hydroxyl groups is 6. The average Bonchev–Trinajstić information content (AvgIpc) is 2.88. The molecule has 0 rings (SSSR count). The number of carbonyl (C=O) groups is 6. The smallest absolute Gasteiger partial charge is 0.308 e. The van der Waals surface area contributed by atoms with Gasteiger partial charge in [-0.3, -0.25) is 28.8 Å². The Morgan fingerprint density at radius 3 is 1.10 bits per heavy atom. The van der Waals surface area contributed by atoms with Crippen LogP contribution in [0, 0.1) is 5.92 Å². The lowest BCUT2D eigenvalue weighted by atomic mass is 9.86. The van der Waals surface area contributed by atoms with Crippen molar-refractivity contribution in [2.45, 2.75) is 141 Å². The number of hydrogen-bond donors (Lipinski definition) is 6. The summed E-state index contributed by atoms with van der Waals surface area (Å²) in [6, 6.07) is 0. The predicted octanol–water partition coefficient (Wildman–Crippen LogP) is -0.991. The molecular weight excluding hydrogens is 644 g/mol. The van der Waals surface area contributed by atoms with Crippen molar-refractivity contribution in [1.29, 1.82) is 0 Å². The number of esters is 5. The standard InChI is InChI=1S/C31H52O17/c1-16(32)7-22(38)13-23(24(46-28(41)10-19(4)35)14-44-26(39)8-17(2)33)31(48-30(43)12-21(6)37)25(47-29(42)11-20(5)36)15-45-27(40)9-18(3)34/h16-21,23-25,31-37H,7-15H2,1-6H3/t16?,17?,18?,19?,20?,21?,23-,24+,25-,31+/m1/s1. The van der Waals surface area contributed by atoms with Gasteiger partial charge < -0.3 is 54.3 Å². The lowest BCUT2D eigenvalue weighted by Gasteiger charge is -2.36. The highest BCUT2D eigenvalue weighted by atomic mass is 16.6. The molecule has 0 aliphatic heterocycles. The Kier molecular flexibility index (Phi) is 21.6. The summed E-state index contributed by atoms with van der Waals surface area (Å²) in [5, 5.41) is 58.4. The number of carbonyl (C=O) groups excluding carboxylic acids is 6. The van der Waals surface area contributed by atoms with Gasteiger partial charge in [-0.1, -0.05) is 0 Å². The second-order valence-electron chi connectivity index (χ2n) is 12.1. The Balaban J connectivity index is 7.23. The van der Waals surface area contributed by atoms with Gasteiger partial charge in [0.2, 0.25) is 0 Å². The van der Waals surface area contributed by atoms with Crippen LogP contribution in [-0.2, 0) is 52.5 Å². The minimum absolute atomic E-state index is 0.448. The maximum absolute atomic E-state index is 13.1. The van der Waals surface area contributed by atoms with E-state index in [1.54, 1.807) is 0 Å². The number of Topliss-reactive ketones (excluding diaryl/α,β-unsaturated/α-hetero) is 1. The van der Waals surface area contributed by atoms with Gasteiger partial charge >= 0.3 is 29.8 Å². The van der Waals surface area contributed by atoms with E-state index >= 15 is 0 Å².